The number of sulfonamides is 1. The average Bonchev–Trinajstić information content (AvgIpc) is 2.73. The SMILES string of the molecule is CC(=O)N1c2cnc(-c3ccccc3)cc2N(S(=O)(=O)c2ccc(C)cc2)C[C@@H]1C. The molecule has 0 bridgehead atoms. The van der Waals surface area contributed by atoms with Crippen molar-refractivity contribution in [2.24, 2.45) is 0 Å². The zero-order valence-electron chi connectivity index (χ0n) is 17.1. The number of amides is 1. The predicted molar refractivity (Wildman–Crippen MR) is 118 cm³/mol. The Bertz CT molecular complexity index is 1190. The van der Waals surface area contributed by atoms with Crippen LogP contribution in [0.3, 0.4) is 0 Å². The summed E-state index contributed by atoms with van der Waals surface area (Å²) in [5.41, 5.74) is 3.46. The van der Waals surface area contributed by atoms with Gasteiger partial charge in [-0.2, -0.15) is 0 Å². The molecule has 3 aromatic rings. The van der Waals surface area contributed by atoms with Gasteiger partial charge in [0, 0.05) is 12.5 Å². The third-order valence-corrected chi connectivity index (χ3v) is 7.07. The van der Waals surface area contributed by atoms with Crippen molar-refractivity contribution in [3.8, 4) is 11.3 Å². The first-order chi connectivity index (χ1) is 14.3. The molecular weight excluding hydrogens is 398 g/mol. The lowest BCUT2D eigenvalue weighted by molar-refractivity contribution is -0.117. The highest BCUT2D eigenvalue weighted by Crippen LogP contribution is 2.40. The number of pyridine rings is 1. The summed E-state index contributed by atoms with van der Waals surface area (Å²) >= 11 is 0. The molecule has 4 rings (SSSR count). The van der Waals surface area contributed by atoms with Crippen molar-refractivity contribution in [3.05, 3.63) is 72.4 Å². The highest BCUT2D eigenvalue weighted by Gasteiger charge is 2.37. The summed E-state index contributed by atoms with van der Waals surface area (Å²) in [5, 5.41) is 0. The number of hydrogen-bond acceptors (Lipinski definition) is 4. The standard InChI is InChI=1S/C23H23N3O3S/c1-16-9-11-20(12-10-16)30(28,29)25-15-17(2)26(18(3)27)23-14-24-21(13-22(23)25)19-7-5-4-6-8-19/h4-14,17H,15H2,1-3H3/t17-/m0/s1. The van der Waals surface area contributed by atoms with E-state index in [1.807, 2.05) is 44.2 Å². The van der Waals surface area contributed by atoms with Crippen LogP contribution in [-0.4, -0.2) is 31.9 Å². The van der Waals surface area contributed by atoms with E-state index in [2.05, 4.69) is 4.98 Å². The number of benzene rings is 2. The molecule has 0 N–H and O–H groups in total. The Balaban J connectivity index is 1.90. The van der Waals surface area contributed by atoms with Gasteiger partial charge in [0.1, 0.15) is 0 Å². The van der Waals surface area contributed by atoms with E-state index in [1.165, 1.54) is 11.2 Å². The maximum Gasteiger partial charge on any atom is 0.264 e. The van der Waals surface area contributed by atoms with E-state index >= 15 is 0 Å². The lowest BCUT2D eigenvalue weighted by Gasteiger charge is -2.40. The minimum atomic E-state index is -3.81. The number of carbonyl (C=O) groups is 1. The monoisotopic (exact) mass is 421 g/mol. The van der Waals surface area contributed by atoms with Crippen LogP contribution in [-0.2, 0) is 14.8 Å². The molecule has 1 aliphatic heterocycles. The Morgan fingerprint density at radius 3 is 2.33 bits per heavy atom. The van der Waals surface area contributed by atoms with Crippen LogP contribution in [0.2, 0.25) is 0 Å². The first-order valence-electron chi connectivity index (χ1n) is 9.73. The van der Waals surface area contributed by atoms with Crippen LogP contribution in [0.1, 0.15) is 19.4 Å². The van der Waals surface area contributed by atoms with Crippen molar-refractivity contribution in [1.82, 2.24) is 4.98 Å². The fraction of sp³-hybridized carbons (Fsp3) is 0.217. The Kier molecular flexibility index (Phi) is 5.07. The highest BCUT2D eigenvalue weighted by atomic mass is 32.2. The lowest BCUT2D eigenvalue weighted by Crippen LogP contribution is -2.51. The van der Waals surface area contributed by atoms with Gasteiger partial charge >= 0.3 is 0 Å². The fourth-order valence-corrected chi connectivity index (χ4v) is 5.34. The van der Waals surface area contributed by atoms with Gasteiger partial charge in [-0.25, -0.2) is 8.42 Å². The van der Waals surface area contributed by atoms with Gasteiger partial charge in [0.15, 0.2) is 0 Å². The molecule has 1 aliphatic rings. The summed E-state index contributed by atoms with van der Waals surface area (Å²) in [7, 11) is -3.81. The molecule has 2 aromatic carbocycles. The number of aromatic nitrogens is 1. The molecule has 2 heterocycles. The molecule has 0 aliphatic carbocycles. The second-order valence-electron chi connectivity index (χ2n) is 7.51. The minimum Gasteiger partial charge on any atom is -0.305 e. The van der Waals surface area contributed by atoms with Crippen molar-refractivity contribution in [3.63, 3.8) is 0 Å². The highest BCUT2D eigenvalue weighted by molar-refractivity contribution is 7.92. The smallest absolute Gasteiger partial charge is 0.264 e. The van der Waals surface area contributed by atoms with Crippen LogP contribution >= 0.6 is 0 Å². The van der Waals surface area contributed by atoms with E-state index < -0.39 is 10.0 Å². The van der Waals surface area contributed by atoms with E-state index in [4.69, 9.17) is 0 Å². The van der Waals surface area contributed by atoms with Gasteiger partial charge < -0.3 is 4.90 Å². The second-order valence-corrected chi connectivity index (χ2v) is 9.37. The largest absolute Gasteiger partial charge is 0.305 e. The van der Waals surface area contributed by atoms with Crippen molar-refractivity contribution < 1.29 is 13.2 Å². The predicted octanol–water partition coefficient (Wildman–Crippen LogP) is 4.01. The van der Waals surface area contributed by atoms with E-state index in [9.17, 15) is 13.2 Å². The molecule has 30 heavy (non-hydrogen) atoms. The van der Waals surface area contributed by atoms with Crippen LogP contribution in [0.25, 0.3) is 11.3 Å². The van der Waals surface area contributed by atoms with Crippen LogP contribution in [0.4, 0.5) is 11.4 Å². The number of aryl methyl sites for hydroxylation is 1. The van der Waals surface area contributed by atoms with Gasteiger partial charge in [-0.3, -0.25) is 14.1 Å². The lowest BCUT2D eigenvalue weighted by atomic mass is 10.1. The minimum absolute atomic E-state index is 0.148. The number of hydrogen-bond donors (Lipinski definition) is 0. The zero-order valence-corrected chi connectivity index (χ0v) is 17.9. The molecule has 154 valence electrons. The molecule has 0 spiro atoms. The van der Waals surface area contributed by atoms with Crippen LogP contribution in [0.5, 0.6) is 0 Å². The van der Waals surface area contributed by atoms with Gasteiger partial charge in [-0.05, 0) is 32.0 Å². The van der Waals surface area contributed by atoms with E-state index in [0.29, 0.717) is 17.1 Å². The number of rotatable bonds is 3. The normalized spacial score (nSPS) is 16.3. The molecule has 6 nitrogen and oxygen atoms in total. The molecule has 1 atom stereocenters. The van der Waals surface area contributed by atoms with Crippen LogP contribution < -0.4 is 9.21 Å². The van der Waals surface area contributed by atoms with Crippen molar-refractivity contribution in [2.75, 3.05) is 15.7 Å². The molecule has 0 radical (unpaired) electrons. The average molecular weight is 422 g/mol. The van der Waals surface area contributed by atoms with Crippen LogP contribution in [0, 0.1) is 6.92 Å². The number of nitrogens with zero attached hydrogens (tertiary/aromatic N) is 3. The molecule has 7 heteroatoms. The van der Waals surface area contributed by atoms with Crippen molar-refractivity contribution >= 4 is 27.3 Å². The summed E-state index contributed by atoms with van der Waals surface area (Å²) in [5.74, 6) is -0.148. The summed E-state index contributed by atoms with van der Waals surface area (Å²) < 4.78 is 28.5. The number of fused-ring (bicyclic) bond motifs is 1. The molecule has 0 fully saturated rings. The van der Waals surface area contributed by atoms with Crippen molar-refractivity contribution in [1.29, 1.82) is 0 Å². The fourth-order valence-electron chi connectivity index (χ4n) is 3.79. The molecule has 1 aromatic heterocycles. The molecule has 0 saturated heterocycles. The maximum absolute atomic E-state index is 13.5. The summed E-state index contributed by atoms with van der Waals surface area (Å²) in [6.45, 7) is 5.40. The Morgan fingerprint density at radius 2 is 1.70 bits per heavy atom. The van der Waals surface area contributed by atoms with E-state index in [0.717, 1.165) is 11.1 Å². The Labute approximate surface area is 176 Å². The van der Waals surface area contributed by atoms with Crippen molar-refractivity contribution in [2.45, 2.75) is 31.7 Å². The molecule has 0 unspecified atom stereocenters. The summed E-state index contributed by atoms with van der Waals surface area (Å²) in [6.07, 6.45) is 1.59. The van der Waals surface area contributed by atoms with E-state index in [-0.39, 0.29) is 23.4 Å². The first kappa shape index (κ1) is 20.1. The topological polar surface area (TPSA) is 70.6 Å². The van der Waals surface area contributed by atoms with Gasteiger partial charge in [0.25, 0.3) is 10.0 Å². The summed E-state index contributed by atoms with van der Waals surface area (Å²) in [6, 6.07) is 17.8. The van der Waals surface area contributed by atoms with Gasteiger partial charge in [0.05, 0.1) is 40.7 Å². The molecular formula is C23H23N3O3S. The number of carbonyl (C=O) groups excluding carboxylic acids is 1. The number of anilines is 2. The van der Waals surface area contributed by atoms with Gasteiger partial charge in [0.2, 0.25) is 5.91 Å². The quantitative estimate of drug-likeness (QED) is 0.641. The van der Waals surface area contributed by atoms with Gasteiger partial charge in [-0.15, -0.1) is 0 Å². The zero-order chi connectivity index (χ0) is 21.5. The maximum atomic E-state index is 13.5. The third kappa shape index (κ3) is 3.45. The van der Waals surface area contributed by atoms with Crippen LogP contribution in [0.15, 0.2) is 71.8 Å². The summed E-state index contributed by atoms with van der Waals surface area (Å²) in [4.78, 5) is 18.7. The van der Waals surface area contributed by atoms with E-state index in [1.54, 1.807) is 41.4 Å². The third-order valence-electron chi connectivity index (χ3n) is 5.28. The Hall–Kier alpha value is -3.19. The Morgan fingerprint density at radius 1 is 1.03 bits per heavy atom. The first-order valence-corrected chi connectivity index (χ1v) is 11.2. The molecule has 0 saturated carbocycles. The van der Waals surface area contributed by atoms with Gasteiger partial charge in [-0.1, -0.05) is 48.0 Å². The molecule has 1 amide bonds. The second kappa shape index (κ2) is 7.57.